The summed E-state index contributed by atoms with van der Waals surface area (Å²) in [6.45, 7) is 1.75. The summed E-state index contributed by atoms with van der Waals surface area (Å²) in [6.07, 6.45) is 2.41. The van der Waals surface area contributed by atoms with E-state index in [1.54, 1.807) is 25.1 Å². The zero-order valence-electron chi connectivity index (χ0n) is 13.9. The molecule has 3 rings (SSSR count). The molecule has 2 amide bonds. The SMILES string of the molecule is Cc1cc(NC(=O)C2CCC(C(=O)Nc3ccccc3F)CC2)no1. The van der Waals surface area contributed by atoms with Gasteiger partial charge in [-0.25, -0.2) is 4.39 Å². The molecule has 0 atom stereocenters. The van der Waals surface area contributed by atoms with Crippen molar-refractivity contribution < 1.29 is 18.5 Å². The molecule has 1 fully saturated rings. The highest BCUT2D eigenvalue weighted by atomic mass is 19.1. The van der Waals surface area contributed by atoms with Gasteiger partial charge < -0.3 is 15.2 Å². The third-order valence-corrected chi connectivity index (χ3v) is 4.48. The summed E-state index contributed by atoms with van der Waals surface area (Å²) in [7, 11) is 0. The molecular formula is C18H20FN3O3. The van der Waals surface area contributed by atoms with Crippen LogP contribution in [0.2, 0.25) is 0 Å². The highest BCUT2D eigenvalue weighted by Gasteiger charge is 2.30. The summed E-state index contributed by atoms with van der Waals surface area (Å²) in [4.78, 5) is 24.5. The number of aromatic nitrogens is 1. The van der Waals surface area contributed by atoms with E-state index in [9.17, 15) is 14.0 Å². The summed E-state index contributed by atoms with van der Waals surface area (Å²) in [5, 5.41) is 9.10. The normalized spacial score (nSPS) is 20.1. The number of amides is 2. The van der Waals surface area contributed by atoms with Crippen LogP contribution in [0.1, 0.15) is 31.4 Å². The van der Waals surface area contributed by atoms with Crippen LogP contribution in [0.15, 0.2) is 34.9 Å². The van der Waals surface area contributed by atoms with Crippen molar-refractivity contribution in [2.45, 2.75) is 32.6 Å². The summed E-state index contributed by atoms with van der Waals surface area (Å²) in [5.74, 6) is -0.0950. The fraction of sp³-hybridized carbons (Fsp3) is 0.389. The maximum Gasteiger partial charge on any atom is 0.228 e. The standard InChI is InChI=1S/C18H20FN3O3/c1-11-10-16(22-25-11)21-18(24)13-8-6-12(7-9-13)17(23)20-15-5-3-2-4-14(15)19/h2-5,10,12-13H,6-9H2,1H3,(H,20,23)(H,21,22,24). The zero-order chi connectivity index (χ0) is 17.8. The molecule has 1 saturated carbocycles. The van der Waals surface area contributed by atoms with E-state index in [0.717, 1.165) is 0 Å². The molecule has 25 heavy (non-hydrogen) atoms. The molecule has 0 unspecified atom stereocenters. The van der Waals surface area contributed by atoms with Crippen molar-refractivity contribution in [1.82, 2.24) is 5.16 Å². The maximum absolute atomic E-state index is 13.6. The summed E-state index contributed by atoms with van der Waals surface area (Å²) in [5.41, 5.74) is 0.189. The summed E-state index contributed by atoms with van der Waals surface area (Å²) >= 11 is 0. The van der Waals surface area contributed by atoms with Crippen molar-refractivity contribution in [3.8, 4) is 0 Å². The van der Waals surface area contributed by atoms with E-state index in [2.05, 4.69) is 15.8 Å². The van der Waals surface area contributed by atoms with Crippen molar-refractivity contribution in [2.24, 2.45) is 11.8 Å². The molecule has 6 nitrogen and oxygen atoms in total. The number of hydrogen-bond donors (Lipinski definition) is 2. The molecule has 1 aromatic carbocycles. The van der Waals surface area contributed by atoms with Crippen LogP contribution in [-0.2, 0) is 9.59 Å². The van der Waals surface area contributed by atoms with Gasteiger partial charge in [-0.1, -0.05) is 17.3 Å². The van der Waals surface area contributed by atoms with Gasteiger partial charge in [-0.3, -0.25) is 9.59 Å². The minimum atomic E-state index is -0.452. The Labute approximate surface area is 144 Å². The van der Waals surface area contributed by atoms with Crippen molar-refractivity contribution in [3.63, 3.8) is 0 Å². The Balaban J connectivity index is 1.50. The van der Waals surface area contributed by atoms with Gasteiger partial charge >= 0.3 is 0 Å². The monoisotopic (exact) mass is 345 g/mol. The van der Waals surface area contributed by atoms with Gasteiger partial charge in [0.15, 0.2) is 5.82 Å². The Bertz CT molecular complexity index is 766. The third-order valence-electron chi connectivity index (χ3n) is 4.48. The van der Waals surface area contributed by atoms with Gasteiger partial charge in [0.05, 0.1) is 5.69 Å². The Morgan fingerprint density at radius 2 is 1.68 bits per heavy atom. The third kappa shape index (κ3) is 4.23. The molecule has 0 spiro atoms. The fourth-order valence-electron chi connectivity index (χ4n) is 3.07. The van der Waals surface area contributed by atoms with Gasteiger partial charge in [0.25, 0.3) is 0 Å². The van der Waals surface area contributed by atoms with Crippen LogP contribution < -0.4 is 10.6 Å². The van der Waals surface area contributed by atoms with Crippen LogP contribution in [0, 0.1) is 24.6 Å². The molecule has 1 aliphatic rings. The quantitative estimate of drug-likeness (QED) is 0.888. The molecule has 1 aromatic heterocycles. The molecule has 1 heterocycles. The molecule has 2 N–H and O–H groups in total. The summed E-state index contributed by atoms with van der Waals surface area (Å²) < 4.78 is 18.5. The number of rotatable bonds is 4. The van der Waals surface area contributed by atoms with Crippen molar-refractivity contribution in [2.75, 3.05) is 10.6 Å². The fourth-order valence-corrected chi connectivity index (χ4v) is 3.07. The van der Waals surface area contributed by atoms with Crippen LogP contribution in [0.25, 0.3) is 0 Å². The van der Waals surface area contributed by atoms with E-state index in [1.165, 1.54) is 12.1 Å². The molecule has 0 saturated heterocycles. The molecule has 132 valence electrons. The number of benzene rings is 1. The van der Waals surface area contributed by atoms with Gasteiger partial charge in [-0.15, -0.1) is 0 Å². The van der Waals surface area contributed by atoms with Crippen molar-refractivity contribution in [3.05, 3.63) is 41.9 Å². The van der Waals surface area contributed by atoms with Crippen molar-refractivity contribution >= 4 is 23.3 Å². The van der Waals surface area contributed by atoms with E-state index in [-0.39, 0.29) is 29.3 Å². The van der Waals surface area contributed by atoms with Crippen LogP contribution in [0.5, 0.6) is 0 Å². The van der Waals surface area contributed by atoms with Gasteiger partial charge in [0, 0.05) is 17.9 Å². The van der Waals surface area contributed by atoms with Crippen LogP contribution in [0.4, 0.5) is 15.9 Å². The molecule has 0 bridgehead atoms. The maximum atomic E-state index is 13.6. The Morgan fingerprint density at radius 3 is 2.24 bits per heavy atom. The lowest BCUT2D eigenvalue weighted by Gasteiger charge is -2.26. The van der Waals surface area contributed by atoms with E-state index >= 15 is 0 Å². The molecule has 7 heteroatoms. The average molecular weight is 345 g/mol. The molecule has 0 radical (unpaired) electrons. The molecule has 0 aliphatic heterocycles. The first-order valence-corrected chi connectivity index (χ1v) is 8.32. The number of anilines is 2. The highest BCUT2D eigenvalue weighted by molar-refractivity contribution is 5.94. The minimum absolute atomic E-state index is 0.110. The highest BCUT2D eigenvalue weighted by Crippen LogP contribution is 2.30. The largest absolute Gasteiger partial charge is 0.360 e. The minimum Gasteiger partial charge on any atom is -0.360 e. The average Bonchev–Trinajstić information content (AvgIpc) is 3.02. The first kappa shape index (κ1) is 17.1. The van der Waals surface area contributed by atoms with Gasteiger partial charge in [0.2, 0.25) is 11.8 Å². The number of hydrogen-bond acceptors (Lipinski definition) is 4. The first-order valence-electron chi connectivity index (χ1n) is 8.32. The van der Waals surface area contributed by atoms with E-state index in [1.807, 2.05) is 0 Å². The number of carbonyl (C=O) groups is 2. The van der Waals surface area contributed by atoms with Crippen molar-refractivity contribution in [1.29, 1.82) is 0 Å². The van der Waals surface area contributed by atoms with Gasteiger partial charge in [0.1, 0.15) is 11.6 Å². The number of nitrogens with zero attached hydrogens (tertiary/aromatic N) is 1. The Morgan fingerprint density at radius 1 is 1.08 bits per heavy atom. The summed E-state index contributed by atoms with van der Waals surface area (Å²) in [6, 6.07) is 7.75. The number of nitrogens with one attached hydrogen (secondary N) is 2. The molecule has 2 aromatic rings. The number of carbonyl (C=O) groups excluding carboxylic acids is 2. The second-order valence-electron chi connectivity index (χ2n) is 6.33. The lowest BCUT2D eigenvalue weighted by molar-refractivity contribution is -0.125. The molecule has 1 aliphatic carbocycles. The zero-order valence-corrected chi connectivity index (χ0v) is 13.9. The van der Waals surface area contributed by atoms with Crippen LogP contribution >= 0.6 is 0 Å². The van der Waals surface area contributed by atoms with E-state index < -0.39 is 5.82 Å². The second-order valence-corrected chi connectivity index (χ2v) is 6.33. The van der Waals surface area contributed by atoms with E-state index in [4.69, 9.17) is 4.52 Å². The van der Waals surface area contributed by atoms with Crippen LogP contribution in [0.3, 0.4) is 0 Å². The number of aryl methyl sites for hydroxylation is 1. The lowest BCUT2D eigenvalue weighted by atomic mass is 9.81. The van der Waals surface area contributed by atoms with Gasteiger partial charge in [-0.05, 0) is 44.7 Å². The first-order chi connectivity index (χ1) is 12.0. The smallest absolute Gasteiger partial charge is 0.228 e. The lowest BCUT2D eigenvalue weighted by Crippen LogP contribution is -2.32. The Hall–Kier alpha value is -2.70. The topological polar surface area (TPSA) is 84.2 Å². The predicted molar refractivity (Wildman–Crippen MR) is 90.3 cm³/mol. The molecular weight excluding hydrogens is 325 g/mol. The number of halogens is 1. The second kappa shape index (κ2) is 7.46. The van der Waals surface area contributed by atoms with Gasteiger partial charge in [-0.2, -0.15) is 0 Å². The van der Waals surface area contributed by atoms with Crippen LogP contribution in [-0.4, -0.2) is 17.0 Å². The van der Waals surface area contributed by atoms with E-state index in [0.29, 0.717) is 37.3 Å². The number of para-hydroxylation sites is 1. The predicted octanol–water partition coefficient (Wildman–Crippen LogP) is 3.51. The Kier molecular flexibility index (Phi) is 5.11.